The Morgan fingerprint density at radius 2 is 1.95 bits per heavy atom. The van der Waals surface area contributed by atoms with Crippen molar-refractivity contribution in [1.29, 1.82) is 0 Å². The average Bonchev–Trinajstić information content (AvgIpc) is 2.85. The third-order valence-corrected chi connectivity index (χ3v) is 3.35. The van der Waals surface area contributed by atoms with Crippen LogP contribution >= 0.6 is 0 Å². The van der Waals surface area contributed by atoms with Crippen LogP contribution in [-0.4, -0.2) is 31.6 Å². The van der Waals surface area contributed by atoms with E-state index >= 15 is 0 Å². The van der Waals surface area contributed by atoms with E-state index in [-0.39, 0.29) is 5.97 Å². The van der Waals surface area contributed by atoms with Crippen LogP contribution in [0.15, 0.2) is 30.3 Å². The van der Waals surface area contributed by atoms with Crippen LogP contribution in [0, 0.1) is 5.92 Å². The normalized spacial score (nSPS) is 19.1. The van der Waals surface area contributed by atoms with Gasteiger partial charge in [-0.2, -0.15) is 0 Å². The fourth-order valence-corrected chi connectivity index (χ4v) is 2.31. The summed E-state index contributed by atoms with van der Waals surface area (Å²) in [5, 5.41) is 0. The number of esters is 1. The van der Waals surface area contributed by atoms with Gasteiger partial charge in [-0.1, -0.05) is 30.3 Å². The summed E-state index contributed by atoms with van der Waals surface area (Å²) >= 11 is 0. The number of carbonyl (C=O) groups is 1. The number of carbonyl (C=O) groups excluding carboxylic acids is 1. The summed E-state index contributed by atoms with van der Waals surface area (Å²) in [4.78, 5) is 12.2. The molecule has 1 heterocycles. The summed E-state index contributed by atoms with van der Waals surface area (Å²) < 4.78 is 16.4. The molecule has 4 heteroatoms. The fraction of sp³-hybridized carbons (Fsp3) is 0.533. The Bertz CT molecular complexity index is 409. The van der Waals surface area contributed by atoms with Gasteiger partial charge in [0.2, 0.25) is 0 Å². The molecule has 0 aromatic heterocycles. The van der Waals surface area contributed by atoms with Crippen molar-refractivity contribution in [3.63, 3.8) is 0 Å². The zero-order valence-electron chi connectivity index (χ0n) is 11.4. The van der Waals surface area contributed by atoms with Crippen molar-refractivity contribution in [2.45, 2.75) is 26.1 Å². The highest BCUT2D eigenvalue weighted by Gasteiger charge is 2.45. The van der Waals surface area contributed by atoms with E-state index in [0.29, 0.717) is 26.2 Å². The van der Waals surface area contributed by atoms with Crippen LogP contribution in [0.2, 0.25) is 0 Å². The number of hydrogen-bond acceptors (Lipinski definition) is 4. The molecule has 1 aromatic rings. The maximum Gasteiger partial charge on any atom is 0.314 e. The van der Waals surface area contributed by atoms with E-state index in [2.05, 4.69) is 0 Å². The van der Waals surface area contributed by atoms with Crippen LogP contribution in [0.25, 0.3) is 0 Å². The van der Waals surface area contributed by atoms with Crippen molar-refractivity contribution in [3.8, 4) is 0 Å². The quantitative estimate of drug-likeness (QED) is 0.765. The topological polar surface area (TPSA) is 44.8 Å². The molecular weight excluding hydrogens is 244 g/mol. The smallest absolute Gasteiger partial charge is 0.314 e. The van der Waals surface area contributed by atoms with E-state index in [0.717, 1.165) is 5.56 Å². The largest absolute Gasteiger partial charge is 0.466 e. The molecule has 0 radical (unpaired) electrons. The molecule has 1 fully saturated rings. The number of ether oxygens (including phenoxy) is 3. The van der Waals surface area contributed by atoms with Crippen LogP contribution in [0.4, 0.5) is 0 Å². The van der Waals surface area contributed by atoms with Crippen LogP contribution < -0.4 is 0 Å². The number of hydrogen-bond donors (Lipinski definition) is 0. The molecule has 0 aliphatic carbocycles. The Kier molecular flexibility index (Phi) is 4.56. The minimum Gasteiger partial charge on any atom is -0.466 e. The van der Waals surface area contributed by atoms with Crippen molar-refractivity contribution in [2.75, 3.05) is 19.8 Å². The first kappa shape index (κ1) is 14.0. The molecule has 0 bridgehead atoms. The maximum absolute atomic E-state index is 12.2. The van der Waals surface area contributed by atoms with Gasteiger partial charge in [-0.3, -0.25) is 4.79 Å². The van der Waals surface area contributed by atoms with E-state index < -0.39 is 11.7 Å². The monoisotopic (exact) mass is 264 g/mol. The van der Waals surface area contributed by atoms with Crippen LogP contribution in [-0.2, 0) is 25.4 Å². The summed E-state index contributed by atoms with van der Waals surface area (Å²) in [6, 6.07) is 9.84. The van der Waals surface area contributed by atoms with Gasteiger partial charge in [0.25, 0.3) is 0 Å². The molecular formula is C15H20O4. The molecule has 1 aliphatic rings. The molecule has 0 amide bonds. The van der Waals surface area contributed by atoms with Gasteiger partial charge in [0, 0.05) is 0 Å². The minimum atomic E-state index is -0.887. The van der Waals surface area contributed by atoms with Crippen molar-refractivity contribution in [3.05, 3.63) is 35.9 Å². The predicted molar refractivity (Wildman–Crippen MR) is 70.6 cm³/mol. The Hall–Kier alpha value is -1.39. The third-order valence-electron chi connectivity index (χ3n) is 3.35. The summed E-state index contributed by atoms with van der Waals surface area (Å²) in [6.45, 7) is 5.00. The molecule has 1 saturated heterocycles. The molecule has 104 valence electrons. The van der Waals surface area contributed by atoms with Gasteiger partial charge in [0.05, 0.1) is 19.8 Å². The second-order valence-electron chi connectivity index (χ2n) is 4.71. The third kappa shape index (κ3) is 3.33. The summed E-state index contributed by atoms with van der Waals surface area (Å²) in [5.41, 5.74) is 1.07. The van der Waals surface area contributed by atoms with Gasteiger partial charge in [-0.05, 0) is 25.8 Å². The zero-order valence-corrected chi connectivity index (χ0v) is 11.4. The first-order valence-electron chi connectivity index (χ1n) is 6.64. The average molecular weight is 264 g/mol. The molecule has 1 aliphatic heterocycles. The van der Waals surface area contributed by atoms with E-state index in [1.165, 1.54) is 0 Å². The number of benzene rings is 1. The van der Waals surface area contributed by atoms with Crippen LogP contribution in [0.5, 0.6) is 0 Å². The molecule has 4 nitrogen and oxygen atoms in total. The lowest BCUT2D eigenvalue weighted by molar-refractivity contribution is -0.200. The molecule has 1 atom stereocenters. The van der Waals surface area contributed by atoms with Gasteiger partial charge < -0.3 is 14.2 Å². The standard InChI is InChI=1S/C15H20O4/c1-3-17-14(16)13(15(2)18-9-10-19-15)11-12-7-5-4-6-8-12/h4-8,13H,3,9-11H2,1-2H3/t13-/m1/s1. The summed E-state index contributed by atoms with van der Waals surface area (Å²) in [5.74, 6) is -1.60. The Balaban J connectivity index is 2.17. The van der Waals surface area contributed by atoms with E-state index in [4.69, 9.17) is 14.2 Å². The second kappa shape index (κ2) is 6.17. The number of rotatable bonds is 5. The summed E-state index contributed by atoms with van der Waals surface area (Å²) in [7, 11) is 0. The Labute approximate surface area is 113 Å². The molecule has 1 aromatic carbocycles. The predicted octanol–water partition coefficient (Wildman–Crippen LogP) is 2.17. The first-order chi connectivity index (χ1) is 9.15. The SMILES string of the molecule is CCOC(=O)[C@@H](Cc1ccccc1)C1(C)OCCO1. The summed E-state index contributed by atoms with van der Waals surface area (Å²) in [6.07, 6.45) is 0.552. The van der Waals surface area contributed by atoms with Crippen molar-refractivity contribution >= 4 is 5.97 Å². The molecule has 19 heavy (non-hydrogen) atoms. The minimum absolute atomic E-state index is 0.268. The molecule has 0 saturated carbocycles. The Morgan fingerprint density at radius 1 is 1.32 bits per heavy atom. The highest BCUT2D eigenvalue weighted by Crippen LogP contribution is 2.31. The highest BCUT2D eigenvalue weighted by atomic mass is 16.7. The molecule has 2 rings (SSSR count). The molecule has 0 unspecified atom stereocenters. The van der Waals surface area contributed by atoms with Crippen molar-refractivity contribution < 1.29 is 19.0 Å². The van der Waals surface area contributed by atoms with Gasteiger partial charge in [-0.25, -0.2) is 0 Å². The van der Waals surface area contributed by atoms with Gasteiger partial charge in [-0.15, -0.1) is 0 Å². The maximum atomic E-state index is 12.2. The van der Waals surface area contributed by atoms with Crippen LogP contribution in [0.1, 0.15) is 19.4 Å². The zero-order chi connectivity index (χ0) is 13.7. The lowest BCUT2D eigenvalue weighted by Crippen LogP contribution is -2.43. The first-order valence-corrected chi connectivity index (χ1v) is 6.64. The van der Waals surface area contributed by atoms with Crippen LogP contribution in [0.3, 0.4) is 0 Å². The molecule has 0 N–H and O–H groups in total. The van der Waals surface area contributed by atoms with Gasteiger partial charge >= 0.3 is 5.97 Å². The second-order valence-corrected chi connectivity index (χ2v) is 4.71. The highest BCUT2D eigenvalue weighted by molar-refractivity contribution is 5.74. The lowest BCUT2D eigenvalue weighted by Gasteiger charge is -2.30. The Morgan fingerprint density at radius 3 is 2.53 bits per heavy atom. The van der Waals surface area contributed by atoms with Crippen molar-refractivity contribution in [2.24, 2.45) is 5.92 Å². The van der Waals surface area contributed by atoms with E-state index in [9.17, 15) is 4.79 Å². The fourth-order valence-electron chi connectivity index (χ4n) is 2.31. The van der Waals surface area contributed by atoms with E-state index in [1.54, 1.807) is 6.92 Å². The molecule has 0 spiro atoms. The van der Waals surface area contributed by atoms with Crippen molar-refractivity contribution in [1.82, 2.24) is 0 Å². The van der Waals surface area contributed by atoms with Gasteiger partial charge in [0.1, 0.15) is 5.92 Å². The van der Waals surface area contributed by atoms with E-state index in [1.807, 2.05) is 37.3 Å². The van der Waals surface area contributed by atoms with Gasteiger partial charge in [0.15, 0.2) is 5.79 Å². The lowest BCUT2D eigenvalue weighted by atomic mass is 9.92.